The average molecular weight is 201 g/mol. The van der Waals surface area contributed by atoms with Gasteiger partial charge in [-0.15, -0.1) is 0 Å². The Hall–Kier alpha value is -1.64. The van der Waals surface area contributed by atoms with Gasteiger partial charge >= 0.3 is 0 Å². The van der Waals surface area contributed by atoms with Crippen LogP contribution in [0.15, 0.2) is 36.5 Å². The highest BCUT2D eigenvalue weighted by atomic mass is 15.3. The molecule has 0 bridgehead atoms. The van der Waals surface area contributed by atoms with Crippen molar-refractivity contribution in [2.24, 2.45) is 0 Å². The van der Waals surface area contributed by atoms with Crippen LogP contribution in [0.1, 0.15) is 30.5 Å². The van der Waals surface area contributed by atoms with Crippen LogP contribution in [-0.4, -0.2) is 15.4 Å². The molecule has 0 radical (unpaired) electrons. The summed E-state index contributed by atoms with van der Waals surface area (Å²) in [4.78, 5) is 0. The Kier molecular flexibility index (Phi) is 3.12. The summed E-state index contributed by atoms with van der Waals surface area (Å²) in [5, 5.41) is 10.6. The van der Waals surface area contributed by atoms with Gasteiger partial charge in [-0.1, -0.05) is 37.3 Å². The SMILES string of the molecule is CCC(Cc1cn[nH]n1)c1ccccc1. The predicted molar refractivity (Wildman–Crippen MR) is 59.6 cm³/mol. The average Bonchev–Trinajstić information content (AvgIpc) is 2.80. The summed E-state index contributed by atoms with van der Waals surface area (Å²) in [7, 11) is 0. The van der Waals surface area contributed by atoms with Gasteiger partial charge in [0, 0.05) is 0 Å². The standard InChI is InChI=1S/C12H15N3/c1-2-10(8-12-9-13-15-14-12)11-6-4-3-5-7-11/h3-7,9-10H,2,8H2,1H3,(H,13,14,15). The highest BCUT2D eigenvalue weighted by molar-refractivity contribution is 5.20. The third-order valence-corrected chi connectivity index (χ3v) is 2.68. The Bertz CT molecular complexity index is 381. The van der Waals surface area contributed by atoms with Gasteiger partial charge in [-0.25, -0.2) is 0 Å². The van der Waals surface area contributed by atoms with E-state index in [1.54, 1.807) is 6.20 Å². The normalized spacial score (nSPS) is 12.6. The minimum atomic E-state index is 0.538. The number of benzene rings is 1. The van der Waals surface area contributed by atoms with Crippen LogP contribution in [-0.2, 0) is 6.42 Å². The van der Waals surface area contributed by atoms with E-state index in [4.69, 9.17) is 0 Å². The molecule has 1 atom stereocenters. The van der Waals surface area contributed by atoms with Crippen molar-refractivity contribution in [1.29, 1.82) is 0 Å². The van der Waals surface area contributed by atoms with Crippen molar-refractivity contribution in [1.82, 2.24) is 15.4 Å². The molecule has 2 rings (SSSR count). The van der Waals surface area contributed by atoms with Gasteiger partial charge in [-0.05, 0) is 24.3 Å². The van der Waals surface area contributed by atoms with Crippen molar-refractivity contribution < 1.29 is 0 Å². The molecule has 0 saturated carbocycles. The summed E-state index contributed by atoms with van der Waals surface area (Å²) in [6.07, 6.45) is 3.87. The molecule has 15 heavy (non-hydrogen) atoms. The fourth-order valence-electron chi connectivity index (χ4n) is 1.80. The molecule has 0 fully saturated rings. The zero-order chi connectivity index (χ0) is 10.5. The lowest BCUT2D eigenvalue weighted by molar-refractivity contribution is 0.648. The number of aromatic nitrogens is 3. The zero-order valence-corrected chi connectivity index (χ0v) is 8.85. The lowest BCUT2D eigenvalue weighted by Gasteiger charge is -2.13. The van der Waals surface area contributed by atoms with E-state index in [1.165, 1.54) is 5.56 Å². The molecule has 1 unspecified atom stereocenters. The van der Waals surface area contributed by atoms with Gasteiger partial charge in [-0.2, -0.15) is 15.4 Å². The molecular weight excluding hydrogens is 186 g/mol. The van der Waals surface area contributed by atoms with Crippen LogP contribution in [0.2, 0.25) is 0 Å². The summed E-state index contributed by atoms with van der Waals surface area (Å²) in [6, 6.07) is 10.6. The van der Waals surface area contributed by atoms with Gasteiger partial charge in [0.1, 0.15) is 0 Å². The van der Waals surface area contributed by atoms with Gasteiger partial charge in [0.2, 0.25) is 0 Å². The van der Waals surface area contributed by atoms with Crippen molar-refractivity contribution in [3.63, 3.8) is 0 Å². The van der Waals surface area contributed by atoms with E-state index in [9.17, 15) is 0 Å². The topological polar surface area (TPSA) is 41.6 Å². The third-order valence-electron chi connectivity index (χ3n) is 2.68. The van der Waals surface area contributed by atoms with E-state index < -0.39 is 0 Å². The van der Waals surface area contributed by atoms with E-state index >= 15 is 0 Å². The molecular formula is C12H15N3. The number of nitrogens with zero attached hydrogens (tertiary/aromatic N) is 2. The molecule has 0 aliphatic rings. The number of nitrogens with one attached hydrogen (secondary N) is 1. The van der Waals surface area contributed by atoms with Gasteiger partial charge in [0.15, 0.2) is 0 Å². The van der Waals surface area contributed by atoms with Crippen molar-refractivity contribution >= 4 is 0 Å². The molecule has 1 aromatic heterocycles. The molecule has 0 aliphatic heterocycles. The third kappa shape index (κ3) is 2.43. The molecule has 0 amide bonds. The van der Waals surface area contributed by atoms with Crippen molar-refractivity contribution in [2.45, 2.75) is 25.7 Å². The van der Waals surface area contributed by atoms with Crippen LogP contribution in [0.25, 0.3) is 0 Å². The summed E-state index contributed by atoms with van der Waals surface area (Å²) < 4.78 is 0. The number of hydrogen-bond donors (Lipinski definition) is 1. The van der Waals surface area contributed by atoms with Crippen LogP contribution in [0.3, 0.4) is 0 Å². The molecule has 2 aromatic rings. The highest BCUT2D eigenvalue weighted by Gasteiger charge is 2.10. The predicted octanol–water partition coefficient (Wildman–Crippen LogP) is 2.54. The molecule has 3 nitrogen and oxygen atoms in total. The van der Waals surface area contributed by atoms with Gasteiger partial charge in [0.05, 0.1) is 11.9 Å². The summed E-state index contributed by atoms with van der Waals surface area (Å²) >= 11 is 0. The molecule has 1 N–H and O–H groups in total. The minimum absolute atomic E-state index is 0.538. The van der Waals surface area contributed by atoms with Crippen LogP contribution in [0, 0.1) is 0 Å². The monoisotopic (exact) mass is 201 g/mol. The van der Waals surface area contributed by atoms with Crippen molar-refractivity contribution in [2.75, 3.05) is 0 Å². The van der Waals surface area contributed by atoms with E-state index in [2.05, 4.69) is 46.6 Å². The number of rotatable bonds is 4. The molecule has 0 aliphatic carbocycles. The Morgan fingerprint density at radius 3 is 2.67 bits per heavy atom. The first-order valence-electron chi connectivity index (χ1n) is 5.29. The first-order valence-corrected chi connectivity index (χ1v) is 5.29. The second-order valence-electron chi connectivity index (χ2n) is 3.68. The summed E-state index contributed by atoms with van der Waals surface area (Å²) in [5.74, 6) is 0.538. The first kappa shape index (κ1) is 9.90. The molecule has 78 valence electrons. The fourth-order valence-corrected chi connectivity index (χ4v) is 1.80. The van der Waals surface area contributed by atoms with Gasteiger partial charge < -0.3 is 0 Å². The van der Waals surface area contributed by atoms with Gasteiger partial charge in [0.25, 0.3) is 0 Å². The van der Waals surface area contributed by atoms with Crippen LogP contribution in [0.5, 0.6) is 0 Å². The number of H-pyrrole nitrogens is 1. The van der Waals surface area contributed by atoms with E-state index in [0.29, 0.717) is 5.92 Å². The lowest BCUT2D eigenvalue weighted by Crippen LogP contribution is -2.01. The quantitative estimate of drug-likeness (QED) is 0.825. The lowest BCUT2D eigenvalue weighted by atomic mass is 9.92. The van der Waals surface area contributed by atoms with Crippen molar-refractivity contribution in [3.05, 3.63) is 47.8 Å². The van der Waals surface area contributed by atoms with Crippen LogP contribution < -0.4 is 0 Å². The minimum Gasteiger partial charge on any atom is -0.198 e. The largest absolute Gasteiger partial charge is 0.198 e. The van der Waals surface area contributed by atoms with E-state index in [1.807, 2.05) is 6.07 Å². The maximum Gasteiger partial charge on any atom is 0.0830 e. The molecule has 0 spiro atoms. The summed E-state index contributed by atoms with van der Waals surface area (Å²) in [6.45, 7) is 2.21. The molecule has 3 heteroatoms. The zero-order valence-electron chi connectivity index (χ0n) is 8.85. The van der Waals surface area contributed by atoms with Crippen LogP contribution in [0.4, 0.5) is 0 Å². The van der Waals surface area contributed by atoms with E-state index in [-0.39, 0.29) is 0 Å². The number of aromatic amines is 1. The second-order valence-corrected chi connectivity index (χ2v) is 3.68. The second kappa shape index (κ2) is 4.73. The highest BCUT2D eigenvalue weighted by Crippen LogP contribution is 2.22. The summed E-state index contributed by atoms with van der Waals surface area (Å²) in [5.41, 5.74) is 2.41. The maximum absolute atomic E-state index is 4.09. The van der Waals surface area contributed by atoms with E-state index in [0.717, 1.165) is 18.5 Å². The van der Waals surface area contributed by atoms with Crippen LogP contribution >= 0.6 is 0 Å². The fraction of sp³-hybridized carbons (Fsp3) is 0.333. The number of hydrogen-bond acceptors (Lipinski definition) is 2. The Morgan fingerprint density at radius 1 is 1.27 bits per heavy atom. The molecule has 0 saturated heterocycles. The van der Waals surface area contributed by atoms with Crippen molar-refractivity contribution in [3.8, 4) is 0 Å². The molecule has 1 aromatic carbocycles. The smallest absolute Gasteiger partial charge is 0.0830 e. The maximum atomic E-state index is 4.09. The Morgan fingerprint density at radius 2 is 2.07 bits per heavy atom. The Labute approximate surface area is 89.5 Å². The first-order chi connectivity index (χ1) is 7.40. The Balaban J connectivity index is 2.12. The van der Waals surface area contributed by atoms with Gasteiger partial charge in [-0.3, -0.25) is 0 Å². The molecule has 1 heterocycles.